The van der Waals surface area contributed by atoms with E-state index in [9.17, 15) is 4.79 Å². The van der Waals surface area contributed by atoms with Gasteiger partial charge < -0.3 is 16.0 Å². The van der Waals surface area contributed by atoms with E-state index in [1.54, 1.807) is 0 Å². The molecule has 0 unspecified atom stereocenters. The molecule has 1 aromatic carbocycles. The normalized spacial score (nSPS) is 10.6. The van der Waals surface area contributed by atoms with Crippen LogP contribution in [0.5, 0.6) is 0 Å². The Kier molecular flexibility index (Phi) is 11.5. The number of halogens is 1. The van der Waals surface area contributed by atoms with Gasteiger partial charge in [-0.05, 0) is 24.5 Å². The third-order valence-electron chi connectivity index (χ3n) is 3.04. The first-order valence-electron chi connectivity index (χ1n) is 7.50. The minimum Gasteiger partial charge on any atom is -0.357 e. The van der Waals surface area contributed by atoms with Crippen molar-refractivity contribution in [2.45, 2.75) is 33.7 Å². The maximum atomic E-state index is 10.8. The molecule has 0 fully saturated rings. The summed E-state index contributed by atoms with van der Waals surface area (Å²) in [6.07, 6.45) is 1.01. The van der Waals surface area contributed by atoms with Crippen molar-refractivity contribution in [2.75, 3.05) is 19.6 Å². The molecular weight excluding hydrogens is 391 g/mol. The number of hydrogen-bond donors (Lipinski definition) is 3. The Morgan fingerprint density at radius 1 is 1.05 bits per heavy atom. The van der Waals surface area contributed by atoms with Gasteiger partial charge in [0.05, 0.1) is 6.54 Å². The van der Waals surface area contributed by atoms with Crippen molar-refractivity contribution in [3.05, 3.63) is 35.4 Å². The molecule has 1 rings (SSSR count). The number of carbonyl (C=O) groups excluding carboxylic acids is 1. The van der Waals surface area contributed by atoms with Crippen molar-refractivity contribution in [3.8, 4) is 0 Å². The van der Waals surface area contributed by atoms with E-state index in [0.717, 1.165) is 18.9 Å². The molecule has 5 nitrogen and oxygen atoms in total. The molecule has 0 saturated heterocycles. The van der Waals surface area contributed by atoms with E-state index in [1.165, 1.54) is 18.1 Å². The summed E-state index contributed by atoms with van der Waals surface area (Å²) >= 11 is 0. The molecule has 3 N–H and O–H groups in total. The average Bonchev–Trinajstić information content (AvgIpc) is 2.49. The first-order valence-corrected chi connectivity index (χ1v) is 7.50. The predicted molar refractivity (Wildman–Crippen MR) is 103 cm³/mol. The number of hydrogen-bond acceptors (Lipinski definition) is 2. The number of rotatable bonds is 7. The third kappa shape index (κ3) is 8.21. The molecule has 0 heterocycles. The van der Waals surface area contributed by atoms with Gasteiger partial charge in [-0.3, -0.25) is 4.79 Å². The molecule has 0 saturated carbocycles. The number of benzene rings is 1. The van der Waals surface area contributed by atoms with Crippen LogP contribution in [0.2, 0.25) is 0 Å². The molecule has 0 spiro atoms. The molecule has 0 bridgehead atoms. The van der Waals surface area contributed by atoms with E-state index in [2.05, 4.69) is 46.1 Å². The minimum atomic E-state index is -0.0180. The van der Waals surface area contributed by atoms with Crippen molar-refractivity contribution in [1.82, 2.24) is 16.0 Å². The lowest BCUT2D eigenvalue weighted by Gasteiger charge is -2.12. The molecule has 6 heteroatoms. The van der Waals surface area contributed by atoms with E-state index in [-0.39, 0.29) is 29.9 Å². The Morgan fingerprint density at radius 2 is 1.68 bits per heavy atom. The van der Waals surface area contributed by atoms with Crippen LogP contribution in [0.25, 0.3) is 0 Å². The second-order valence-electron chi connectivity index (χ2n) is 4.73. The second-order valence-corrected chi connectivity index (χ2v) is 4.73. The summed E-state index contributed by atoms with van der Waals surface area (Å²) in [5.41, 5.74) is 2.58. The van der Waals surface area contributed by atoms with Gasteiger partial charge in [0.1, 0.15) is 0 Å². The zero-order valence-corrected chi connectivity index (χ0v) is 15.9. The van der Waals surface area contributed by atoms with E-state index in [4.69, 9.17) is 0 Å². The number of aliphatic imine (C=N–C) groups is 1. The fourth-order valence-corrected chi connectivity index (χ4v) is 1.98. The lowest BCUT2D eigenvalue weighted by atomic mass is 10.1. The van der Waals surface area contributed by atoms with Gasteiger partial charge in [-0.2, -0.15) is 0 Å². The van der Waals surface area contributed by atoms with Gasteiger partial charge in [0.2, 0.25) is 5.91 Å². The maximum Gasteiger partial charge on any atom is 0.216 e. The molecule has 0 aliphatic carbocycles. The van der Waals surface area contributed by atoms with Crippen LogP contribution in [-0.4, -0.2) is 31.5 Å². The fourth-order valence-electron chi connectivity index (χ4n) is 1.98. The summed E-state index contributed by atoms with van der Waals surface area (Å²) in [5.74, 6) is 0.754. The van der Waals surface area contributed by atoms with Crippen LogP contribution in [0.1, 0.15) is 31.9 Å². The molecule has 0 aliphatic rings. The van der Waals surface area contributed by atoms with Gasteiger partial charge in [0, 0.05) is 26.6 Å². The maximum absolute atomic E-state index is 10.8. The highest BCUT2D eigenvalue weighted by molar-refractivity contribution is 14.0. The SMILES string of the molecule is CCNC(=NCc1ccccc1CC)NCCNC(C)=O.I. The van der Waals surface area contributed by atoms with E-state index >= 15 is 0 Å². The zero-order chi connectivity index (χ0) is 15.5. The van der Waals surface area contributed by atoms with E-state index in [0.29, 0.717) is 19.6 Å². The van der Waals surface area contributed by atoms with Crippen LogP contribution >= 0.6 is 24.0 Å². The Labute approximate surface area is 150 Å². The first kappa shape index (κ1) is 20.7. The lowest BCUT2D eigenvalue weighted by Crippen LogP contribution is -2.41. The van der Waals surface area contributed by atoms with E-state index < -0.39 is 0 Å². The van der Waals surface area contributed by atoms with Crippen LogP contribution in [0, 0.1) is 0 Å². The summed E-state index contributed by atoms with van der Waals surface area (Å²) in [5, 5.41) is 9.16. The Morgan fingerprint density at radius 3 is 2.27 bits per heavy atom. The second kappa shape index (κ2) is 12.3. The van der Waals surface area contributed by atoms with Gasteiger partial charge in [-0.1, -0.05) is 31.2 Å². The Balaban J connectivity index is 0.00000441. The molecule has 1 amide bonds. The standard InChI is InChI=1S/C16H26N4O.HI/c1-4-14-8-6-7-9-15(14)12-20-16(17-5-2)19-11-10-18-13(3)21;/h6-9H,4-5,10-12H2,1-3H3,(H,18,21)(H2,17,19,20);1H. The highest BCUT2D eigenvalue weighted by Gasteiger charge is 2.01. The van der Waals surface area contributed by atoms with Crippen LogP contribution in [0.15, 0.2) is 29.3 Å². The summed E-state index contributed by atoms with van der Waals surface area (Å²) in [6.45, 7) is 8.40. The van der Waals surface area contributed by atoms with Crippen molar-refractivity contribution in [3.63, 3.8) is 0 Å². The summed E-state index contributed by atoms with van der Waals surface area (Å²) in [6, 6.07) is 8.36. The molecule has 0 aromatic heterocycles. The van der Waals surface area contributed by atoms with Crippen LogP contribution < -0.4 is 16.0 Å². The summed E-state index contributed by atoms with van der Waals surface area (Å²) in [4.78, 5) is 15.4. The molecule has 124 valence electrons. The number of aryl methyl sites for hydroxylation is 1. The highest BCUT2D eigenvalue weighted by atomic mass is 127. The molecule has 0 radical (unpaired) electrons. The molecule has 1 aromatic rings. The Hall–Kier alpha value is -1.31. The Bertz CT molecular complexity index is 477. The molecular formula is C16H27IN4O. The number of carbonyl (C=O) groups is 1. The summed E-state index contributed by atoms with van der Waals surface area (Å²) in [7, 11) is 0. The monoisotopic (exact) mass is 418 g/mol. The van der Waals surface area contributed by atoms with Crippen LogP contribution in [0.4, 0.5) is 0 Å². The average molecular weight is 418 g/mol. The number of nitrogens with zero attached hydrogens (tertiary/aromatic N) is 1. The van der Waals surface area contributed by atoms with Crippen molar-refractivity contribution >= 4 is 35.8 Å². The van der Waals surface area contributed by atoms with Gasteiger partial charge in [0.25, 0.3) is 0 Å². The van der Waals surface area contributed by atoms with Crippen molar-refractivity contribution in [1.29, 1.82) is 0 Å². The zero-order valence-electron chi connectivity index (χ0n) is 13.6. The number of amides is 1. The predicted octanol–water partition coefficient (Wildman–Crippen LogP) is 2.06. The van der Waals surface area contributed by atoms with Gasteiger partial charge in [-0.15, -0.1) is 24.0 Å². The number of guanidine groups is 1. The first-order chi connectivity index (χ1) is 10.2. The highest BCUT2D eigenvalue weighted by Crippen LogP contribution is 2.10. The van der Waals surface area contributed by atoms with Gasteiger partial charge in [-0.25, -0.2) is 4.99 Å². The number of nitrogens with one attached hydrogen (secondary N) is 3. The fraction of sp³-hybridized carbons (Fsp3) is 0.500. The van der Waals surface area contributed by atoms with Crippen LogP contribution in [0.3, 0.4) is 0 Å². The van der Waals surface area contributed by atoms with Crippen LogP contribution in [-0.2, 0) is 17.8 Å². The topological polar surface area (TPSA) is 65.5 Å². The molecule has 0 atom stereocenters. The third-order valence-corrected chi connectivity index (χ3v) is 3.04. The van der Waals surface area contributed by atoms with Crippen molar-refractivity contribution < 1.29 is 4.79 Å². The quantitative estimate of drug-likeness (QED) is 0.275. The molecule has 22 heavy (non-hydrogen) atoms. The minimum absolute atomic E-state index is 0. The largest absolute Gasteiger partial charge is 0.357 e. The van der Waals surface area contributed by atoms with Gasteiger partial charge in [0.15, 0.2) is 5.96 Å². The van der Waals surface area contributed by atoms with Crippen molar-refractivity contribution in [2.24, 2.45) is 4.99 Å². The lowest BCUT2D eigenvalue weighted by molar-refractivity contribution is -0.118. The molecule has 0 aliphatic heterocycles. The summed E-state index contributed by atoms with van der Waals surface area (Å²) < 4.78 is 0. The van der Waals surface area contributed by atoms with E-state index in [1.807, 2.05) is 13.0 Å². The smallest absolute Gasteiger partial charge is 0.216 e. The van der Waals surface area contributed by atoms with Gasteiger partial charge >= 0.3 is 0 Å².